The molecule has 0 saturated carbocycles. The first-order chi connectivity index (χ1) is 12.6. The molecule has 2 fully saturated rings. The Morgan fingerprint density at radius 2 is 1.92 bits per heavy atom. The molecule has 1 aromatic heterocycles. The van der Waals surface area contributed by atoms with Crippen LogP contribution < -0.4 is 0 Å². The minimum atomic E-state index is -2.26. The molecule has 2 saturated heterocycles. The molecule has 1 spiro atoms. The number of aromatic amines is 1. The van der Waals surface area contributed by atoms with Crippen molar-refractivity contribution in [1.29, 1.82) is 0 Å². The number of nitrogens with one attached hydrogen (secondary N) is 1. The van der Waals surface area contributed by atoms with Crippen molar-refractivity contribution >= 4 is 21.3 Å². The van der Waals surface area contributed by atoms with E-state index in [1.807, 2.05) is 41.3 Å². The van der Waals surface area contributed by atoms with E-state index in [-0.39, 0.29) is 5.91 Å². The fourth-order valence-electron chi connectivity index (χ4n) is 3.64. The van der Waals surface area contributed by atoms with E-state index in [0.29, 0.717) is 49.7 Å². The normalized spacial score (nSPS) is 28.8. The highest BCUT2D eigenvalue weighted by molar-refractivity contribution is 7.93. The maximum Gasteiger partial charge on any atom is 0.270 e. The number of amides is 1. The van der Waals surface area contributed by atoms with Crippen LogP contribution in [0.3, 0.4) is 0 Å². The van der Waals surface area contributed by atoms with E-state index >= 15 is 0 Å². The first-order valence-electron chi connectivity index (χ1n) is 8.92. The zero-order chi connectivity index (χ0) is 18.0. The number of aromatic nitrogens is 1. The quantitative estimate of drug-likeness (QED) is 0.880. The number of H-pyrrole nitrogens is 1. The largest absolute Gasteiger partial charge is 0.371 e. The summed E-state index contributed by atoms with van der Waals surface area (Å²) in [6.07, 6.45) is 3.08. The summed E-state index contributed by atoms with van der Waals surface area (Å²) >= 11 is 0. The van der Waals surface area contributed by atoms with Crippen molar-refractivity contribution in [3.63, 3.8) is 0 Å². The highest BCUT2D eigenvalue weighted by Gasteiger charge is 2.42. The number of morpholine rings is 1. The molecular weight excluding hydrogens is 350 g/mol. The topological polar surface area (TPSA) is 74.8 Å². The maximum absolute atomic E-state index is 13.1. The number of rotatable bonds is 2. The van der Waals surface area contributed by atoms with Gasteiger partial charge in [-0.05, 0) is 37.1 Å². The summed E-state index contributed by atoms with van der Waals surface area (Å²) in [6.45, 7) is 1.65. The molecule has 0 unspecified atom stereocenters. The molecule has 0 radical (unpaired) electrons. The molecular formula is C19H23N3O3S. The van der Waals surface area contributed by atoms with Crippen LogP contribution in [0.15, 0.2) is 53.0 Å². The number of hydrogen-bond donors (Lipinski definition) is 1. The number of ether oxygens (including phenoxy) is 1. The summed E-state index contributed by atoms with van der Waals surface area (Å²) in [5.74, 6) is 1.01. The summed E-state index contributed by atoms with van der Waals surface area (Å²) in [5, 5.41) is 0. The lowest BCUT2D eigenvalue weighted by molar-refractivity contribution is -0.104. The van der Waals surface area contributed by atoms with Crippen LogP contribution in [0.2, 0.25) is 0 Å². The minimum Gasteiger partial charge on any atom is -0.371 e. The zero-order valence-electron chi connectivity index (χ0n) is 14.6. The molecule has 1 aromatic carbocycles. The van der Waals surface area contributed by atoms with Crippen LogP contribution in [0, 0.1) is 0 Å². The van der Waals surface area contributed by atoms with E-state index in [1.165, 1.54) is 0 Å². The second-order valence-electron chi connectivity index (χ2n) is 6.95. The van der Waals surface area contributed by atoms with Crippen molar-refractivity contribution in [3.05, 3.63) is 54.4 Å². The van der Waals surface area contributed by atoms with Gasteiger partial charge in [-0.15, -0.1) is 0 Å². The van der Waals surface area contributed by atoms with Crippen molar-refractivity contribution in [3.8, 4) is 0 Å². The van der Waals surface area contributed by atoms with E-state index in [4.69, 9.17) is 4.74 Å². The average Bonchev–Trinajstić information content (AvgIpc) is 3.20. The summed E-state index contributed by atoms with van der Waals surface area (Å²) in [4.78, 5) is 17.4. The molecule has 4 rings (SSSR count). The number of carbonyl (C=O) groups excluding carboxylic acids is 1. The van der Waals surface area contributed by atoms with Gasteiger partial charge in [0.15, 0.2) is 0 Å². The molecule has 3 heterocycles. The van der Waals surface area contributed by atoms with Gasteiger partial charge in [0, 0.05) is 24.2 Å². The Bertz CT molecular complexity index is 872. The van der Waals surface area contributed by atoms with Gasteiger partial charge in [-0.25, -0.2) is 4.21 Å². The Morgan fingerprint density at radius 1 is 1.15 bits per heavy atom. The van der Waals surface area contributed by atoms with Crippen molar-refractivity contribution < 1.29 is 13.7 Å². The van der Waals surface area contributed by atoms with Crippen molar-refractivity contribution in [1.82, 2.24) is 9.88 Å². The summed E-state index contributed by atoms with van der Waals surface area (Å²) < 4.78 is 23.7. The van der Waals surface area contributed by atoms with Crippen LogP contribution in [0.1, 0.15) is 23.3 Å². The second kappa shape index (κ2) is 6.89. The molecule has 0 aliphatic carbocycles. The van der Waals surface area contributed by atoms with Crippen molar-refractivity contribution in [2.45, 2.75) is 18.4 Å². The number of hydrogen-bond acceptors (Lipinski definition) is 4. The van der Waals surface area contributed by atoms with Crippen LogP contribution in [-0.2, 0) is 14.5 Å². The molecule has 2 aromatic rings. The van der Waals surface area contributed by atoms with Crippen molar-refractivity contribution in [2.24, 2.45) is 4.36 Å². The van der Waals surface area contributed by atoms with Gasteiger partial charge in [-0.1, -0.05) is 18.2 Å². The number of benzene rings is 1. The van der Waals surface area contributed by atoms with Gasteiger partial charge in [0.25, 0.3) is 5.91 Å². The summed E-state index contributed by atoms with van der Waals surface area (Å²) in [5.41, 5.74) is 0.968. The lowest BCUT2D eigenvalue weighted by atomic mass is 9.94. The fraction of sp³-hybridized carbons (Fsp3) is 0.421. The molecule has 0 atom stereocenters. The van der Waals surface area contributed by atoms with E-state index in [2.05, 4.69) is 9.35 Å². The maximum atomic E-state index is 13.1. The smallest absolute Gasteiger partial charge is 0.270 e. The summed E-state index contributed by atoms with van der Waals surface area (Å²) in [6, 6.07) is 13.1. The van der Waals surface area contributed by atoms with E-state index < -0.39 is 15.3 Å². The van der Waals surface area contributed by atoms with Gasteiger partial charge in [0.2, 0.25) is 0 Å². The minimum absolute atomic E-state index is 0.00189. The monoisotopic (exact) mass is 373 g/mol. The highest BCUT2D eigenvalue weighted by atomic mass is 32.2. The first-order valence-corrected chi connectivity index (χ1v) is 10.8. The predicted octanol–water partition coefficient (Wildman–Crippen LogP) is 2.82. The molecule has 0 bridgehead atoms. The second-order valence-corrected chi connectivity index (χ2v) is 9.49. The molecule has 2 aliphatic heterocycles. The third kappa shape index (κ3) is 3.54. The predicted molar refractivity (Wildman–Crippen MR) is 101 cm³/mol. The zero-order valence-corrected chi connectivity index (χ0v) is 15.4. The van der Waals surface area contributed by atoms with Gasteiger partial charge in [-0.3, -0.25) is 4.79 Å². The summed E-state index contributed by atoms with van der Waals surface area (Å²) in [7, 11) is -2.26. The Balaban J connectivity index is 1.47. The Kier molecular flexibility index (Phi) is 4.58. The lowest BCUT2D eigenvalue weighted by Gasteiger charge is -2.45. The van der Waals surface area contributed by atoms with Gasteiger partial charge >= 0.3 is 0 Å². The lowest BCUT2D eigenvalue weighted by Crippen LogP contribution is -2.56. The van der Waals surface area contributed by atoms with Gasteiger partial charge in [-0.2, -0.15) is 4.36 Å². The molecule has 1 N–H and O–H groups in total. The standard InChI is InChI=1S/C19H23N3O3S/c23-18(17-7-4-10-20-17)22-11-12-25-19(15-22)8-13-26(24,14-9-19)21-16-5-2-1-3-6-16/h1-7,10,20H,8-9,11-15H2. The molecule has 1 amide bonds. The fourth-order valence-corrected chi connectivity index (χ4v) is 5.92. The first kappa shape index (κ1) is 17.3. The Hall–Kier alpha value is -2.12. The molecule has 7 heteroatoms. The van der Waals surface area contributed by atoms with Crippen LogP contribution in [0.5, 0.6) is 0 Å². The third-order valence-electron chi connectivity index (χ3n) is 5.15. The molecule has 6 nitrogen and oxygen atoms in total. The molecule has 138 valence electrons. The van der Waals surface area contributed by atoms with Gasteiger partial charge in [0.05, 0.1) is 34.2 Å². The Labute approximate surface area is 153 Å². The molecule has 26 heavy (non-hydrogen) atoms. The number of carbonyl (C=O) groups is 1. The highest BCUT2D eigenvalue weighted by Crippen LogP contribution is 2.33. The van der Waals surface area contributed by atoms with Crippen LogP contribution in [0.25, 0.3) is 0 Å². The Morgan fingerprint density at radius 3 is 2.62 bits per heavy atom. The third-order valence-corrected chi connectivity index (χ3v) is 7.37. The molecule has 2 aliphatic rings. The average molecular weight is 373 g/mol. The van der Waals surface area contributed by atoms with Crippen LogP contribution in [0.4, 0.5) is 5.69 Å². The van der Waals surface area contributed by atoms with E-state index in [0.717, 1.165) is 5.69 Å². The van der Waals surface area contributed by atoms with Crippen LogP contribution in [-0.4, -0.2) is 56.8 Å². The SMILES string of the molecule is O=C(c1ccc[nH]1)N1CCOC2(CCS(=O)(=Nc3ccccc3)CC2)C1. The van der Waals surface area contributed by atoms with Crippen molar-refractivity contribution in [2.75, 3.05) is 31.2 Å². The van der Waals surface area contributed by atoms with E-state index in [9.17, 15) is 9.00 Å². The van der Waals surface area contributed by atoms with Gasteiger partial charge in [0.1, 0.15) is 5.69 Å². The van der Waals surface area contributed by atoms with E-state index in [1.54, 1.807) is 12.3 Å². The number of nitrogens with zero attached hydrogens (tertiary/aromatic N) is 2. The van der Waals surface area contributed by atoms with Gasteiger partial charge < -0.3 is 14.6 Å². The van der Waals surface area contributed by atoms with Crippen LogP contribution >= 0.6 is 0 Å².